The first kappa shape index (κ1) is 32.4. The summed E-state index contributed by atoms with van der Waals surface area (Å²) < 4.78 is 26.9. The molecule has 0 aromatic heterocycles. The van der Waals surface area contributed by atoms with E-state index in [0.717, 1.165) is 6.61 Å². The highest BCUT2D eigenvalue weighted by Crippen LogP contribution is 2.13. The lowest BCUT2D eigenvalue weighted by Crippen LogP contribution is -2.13. The second-order valence-electron chi connectivity index (χ2n) is 8.79. The Labute approximate surface area is 205 Å². The molecule has 0 amide bonds. The quantitative estimate of drug-likeness (QED) is 0.0801. The maximum atomic E-state index is 5.64. The predicted molar refractivity (Wildman–Crippen MR) is 139 cm³/mol. The summed E-state index contributed by atoms with van der Waals surface area (Å²) in [6.07, 6.45) is 23.8. The van der Waals surface area contributed by atoms with E-state index in [9.17, 15) is 0 Å². The van der Waals surface area contributed by atoms with Crippen LogP contribution in [0.15, 0.2) is 12.8 Å². The van der Waals surface area contributed by atoms with Gasteiger partial charge < -0.3 is 23.7 Å². The highest BCUT2D eigenvalue weighted by atomic mass is 16.6. The average molecular weight is 473 g/mol. The summed E-state index contributed by atoms with van der Waals surface area (Å²) in [6, 6.07) is 0. The topological polar surface area (TPSA) is 46.2 Å². The minimum atomic E-state index is 0.534. The van der Waals surface area contributed by atoms with Crippen molar-refractivity contribution in [3.8, 4) is 0 Å². The zero-order valence-electron chi connectivity index (χ0n) is 22.0. The van der Waals surface area contributed by atoms with Gasteiger partial charge in [0.05, 0.1) is 52.5 Å². The van der Waals surface area contributed by atoms with Gasteiger partial charge in [-0.15, -0.1) is 0 Å². The Kier molecular flexibility index (Phi) is 30.8. The lowest BCUT2D eigenvalue weighted by molar-refractivity contribution is -0.00638. The first-order valence-electron chi connectivity index (χ1n) is 13.9. The van der Waals surface area contributed by atoms with Crippen LogP contribution in [-0.2, 0) is 23.7 Å². The van der Waals surface area contributed by atoms with Crippen LogP contribution in [0.4, 0.5) is 0 Å². The molecular formula is C28H56O5. The van der Waals surface area contributed by atoms with E-state index < -0.39 is 0 Å². The summed E-state index contributed by atoms with van der Waals surface area (Å²) in [5.74, 6) is 0. The lowest BCUT2D eigenvalue weighted by Gasteiger charge is -2.07. The van der Waals surface area contributed by atoms with Gasteiger partial charge in [-0.1, -0.05) is 110 Å². The minimum Gasteiger partial charge on any atom is -0.499 e. The summed E-state index contributed by atoms with van der Waals surface area (Å²) in [5, 5.41) is 0. The molecule has 198 valence electrons. The molecule has 0 rings (SSSR count). The smallest absolute Gasteiger partial charge is 0.111 e. The normalized spacial score (nSPS) is 11.2. The van der Waals surface area contributed by atoms with Crippen molar-refractivity contribution in [2.45, 2.75) is 110 Å². The van der Waals surface area contributed by atoms with Crippen molar-refractivity contribution in [1.29, 1.82) is 0 Å². The standard InChI is InChI=1S/C28H56O5/c1-3-5-6-7-8-9-10-11-12-13-14-15-16-17-18-19-20-30-23-24-32-27-28-33-26-25-31-22-21-29-4-2/h4H,2-3,5-28H2,1H3. The third kappa shape index (κ3) is 31.4. The highest BCUT2D eigenvalue weighted by molar-refractivity contribution is 4.50. The van der Waals surface area contributed by atoms with Gasteiger partial charge in [0, 0.05) is 6.61 Å². The van der Waals surface area contributed by atoms with Gasteiger partial charge in [-0.25, -0.2) is 0 Å². The number of ether oxygens (including phenoxy) is 5. The molecule has 0 bridgehead atoms. The van der Waals surface area contributed by atoms with Crippen molar-refractivity contribution in [2.75, 3.05) is 59.5 Å². The third-order valence-corrected chi connectivity index (χ3v) is 5.72. The lowest BCUT2D eigenvalue weighted by atomic mass is 10.0. The fraction of sp³-hybridized carbons (Fsp3) is 0.929. The van der Waals surface area contributed by atoms with Crippen LogP contribution >= 0.6 is 0 Å². The average Bonchev–Trinajstić information content (AvgIpc) is 2.83. The molecule has 0 fully saturated rings. The fourth-order valence-electron chi connectivity index (χ4n) is 3.70. The summed E-state index contributed by atoms with van der Waals surface area (Å²) in [4.78, 5) is 0. The number of rotatable bonds is 30. The molecule has 0 unspecified atom stereocenters. The molecule has 0 saturated carbocycles. The molecule has 33 heavy (non-hydrogen) atoms. The molecule has 0 spiro atoms. The molecule has 5 heteroatoms. The first-order valence-corrected chi connectivity index (χ1v) is 13.9. The van der Waals surface area contributed by atoms with E-state index in [2.05, 4.69) is 13.5 Å². The van der Waals surface area contributed by atoms with Crippen molar-refractivity contribution in [1.82, 2.24) is 0 Å². The van der Waals surface area contributed by atoms with Gasteiger partial charge in [-0.05, 0) is 6.42 Å². The highest BCUT2D eigenvalue weighted by Gasteiger charge is 1.96. The number of hydrogen-bond donors (Lipinski definition) is 0. The van der Waals surface area contributed by atoms with Crippen LogP contribution in [0.5, 0.6) is 0 Å². The molecular weight excluding hydrogens is 416 g/mol. The van der Waals surface area contributed by atoms with Gasteiger partial charge in [0.2, 0.25) is 0 Å². The monoisotopic (exact) mass is 472 g/mol. The largest absolute Gasteiger partial charge is 0.499 e. The Balaban J connectivity index is 2.99. The molecule has 0 atom stereocenters. The molecule has 0 heterocycles. The first-order chi connectivity index (χ1) is 16.4. The van der Waals surface area contributed by atoms with Crippen LogP contribution < -0.4 is 0 Å². The van der Waals surface area contributed by atoms with Crippen molar-refractivity contribution < 1.29 is 23.7 Å². The van der Waals surface area contributed by atoms with Gasteiger partial charge in [0.1, 0.15) is 6.61 Å². The summed E-state index contributed by atoms with van der Waals surface area (Å²) in [7, 11) is 0. The third-order valence-electron chi connectivity index (χ3n) is 5.72. The molecule has 0 aromatic carbocycles. The Morgan fingerprint density at radius 3 is 1.06 bits per heavy atom. The van der Waals surface area contributed by atoms with E-state index in [-0.39, 0.29) is 0 Å². The Morgan fingerprint density at radius 1 is 0.394 bits per heavy atom. The zero-order chi connectivity index (χ0) is 23.9. The van der Waals surface area contributed by atoms with Crippen molar-refractivity contribution in [3.05, 3.63) is 12.8 Å². The van der Waals surface area contributed by atoms with E-state index in [1.54, 1.807) is 0 Å². The van der Waals surface area contributed by atoms with Crippen molar-refractivity contribution in [3.63, 3.8) is 0 Å². The van der Waals surface area contributed by atoms with E-state index >= 15 is 0 Å². The van der Waals surface area contributed by atoms with Crippen LogP contribution in [-0.4, -0.2) is 59.5 Å². The molecule has 0 N–H and O–H groups in total. The summed E-state index contributed by atoms with van der Waals surface area (Å²) in [5.41, 5.74) is 0. The SMILES string of the molecule is C=COCCOCCOCCOCCOCCCCCCCCCCCCCCCCCC. The van der Waals surface area contributed by atoms with Crippen molar-refractivity contribution >= 4 is 0 Å². The molecule has 0 aliphatic carbocycles. The van der Waals surface area contributed by atoms with Crippen LogP contribution in [0, 0.1) is 0 Å². The Hall–Kier alpha value is -0.620. The van der Waals surface area contributed by atoms with E-state index in [1.165, 1.54) is 109 Å². The molecule has 0 radical (unpaired) electrons. The molecule has 0 aliphatic rings. The molecule has 5 nitrogen and oxygen atoms in total. The van der Waals surface area contributed by atoms with E-state index in [4.69, 9.17) is 23.7 Å². The molecule has 0 aromatic rings. The van der Waals surface area contributed by atoms with Crippen LogP contribution in [0.2, 0.25) is 0 Å². The summed E-state index contributed by atoms with van der Waals surface area (Å²) >= 11 is 0. The molecule has 0 aliphatic heterocycles. The Bertz CT molecular complexity index is 351. The maximum Gasteiger partial charge on any atom is 0.111 e. The Morgan fingerprint density at radius 2 is 0.697 bits per heavy atom. The van der Waals surface area contributed by atoms with E-state index in [1.807, 2.05) is 0 Å². The van der Waals surface area contributed by atoms with Crippen LogP contribution in [0.1, 0.15) is 110 Å². The number of hydrogen-bond acceptors (Lipinski definition) is 5. The van der Waals surface area contributed by atoms with Crippen LogP contribution in [0.3, 0.4) is 0 Å². The van der Waals surface area contributed by atoms with Gasteiger partial charge >= 0.3 is 0 Å². The minimum absolute atomic E-state index is 0.534. The second-order valence-corrected chi connectivity index (χ2v) is 8.79. The predicted octanol–water partition coefficient (Wildman–Crippen LogP) is 7.47. The fourth-order valence-corrected chi connectivity index (χ4v) is 3.70. The van der Waals surface area contributed by atoms with E-state index in [0.29, 0.717) is 52.9 Å². The van der Waals surface area contributed by atoms with Crippen LogP contribution in [0.25, 0.3) is 0 Å². The number of unbranched alkanes of at least 4 members (excludes halogenated alkanes) is 15. The molecule has 0 saturated heterocycles. The van der Waals surface area contributed by atoms with Crippen molar-refractivity contribution in [2.24, 2.45) is 0 Å². The maximum absolute atomic E-state index is 5.64. The van der Waals surface area contributed by atoms with Gasteiger partial charge in [0.15, 0.2) is 0 Å². The van der Waals surface area contributed by atoms with Gasteiger partial charge in [-0.3, -0.25) is 0 Å². The summed E-state index contributed by atoms with van der Waals surface area (Å²) in [6.45, 7) is 11.3. The van der Waals surface area contributed by atoms with Gasteiger partial charge in [-0.2, -0.15) is 0 Å². The van der Waals surface area contributed by atoms with Gasteiger partial charge in [0.25, 0.3) is 0 Å². The zero-order valence-corrected chi connectivity index (χ0v) is 22.0. The second kappa shape index (κ2) is 31.4.